The monoisotopic (exact) mass is 365 g/mol. The third kappa shape index (κ3) is 7.25. The van der Waals surface area contributed by atoms with E-state index in [9.17, 15) is 4.79 Å². The first-order valence-electron chi connectivity index (χ1n) is 8.35. The van der Waals surface area contributed by atoms with Crippen LogP contribution >= 0.6 is 11.8 Å². The third-order valence-corrected chi connectivity index (χ3v) is 4.70. The smallest absolute Gasteiger partial charge is 0.238 e. The highest BCUT2D eigenvalue weighted by Gasteiger charge is 2.18. The minimum atomic E-state index is -0.0250. The summed E-state index contributed by atoms with van der Waals surface area (Å²) in [5.74, 6) is 2.33. The van der Waals surface area contributed by atoms with Crippen molar-refractivity contribution in [3.8, 4) is 5.75 Å². The molecule has 1 amide bonds. The van der Waals surface area contributed by atoms with Gasteiger partial charge in [-0.05, 0) is 12.1 Å². The predicted molar refractivity (Wildman–Crippen MR) is 103 cm³/mol. The molecule has 0 aliphatic carbocycles. The van der Waals surface area contributed by atoms with Crippen LogP contribution in [0, 0.1) is 0 Å². The number of amides is 1. The number of nitrogen functional groups attached to an aromatic ring is 1. The Hall–Kier alpha value is -1.90. The number of para-hydroxylation sites is 2. The Labute approximate surface area is 153 Å². The highest BCUT2D eigenvalue weighted by atomic mass is 32.2. The Morgan fingerprint density at radius 3 is 2.68 bits per heavy atom. The molecule has 0 atom stereocenters. The van der Waals surface area contributed by atoms with Crippen LogP contribution in [0.2, 0.25) is 0 Å². The van der Waals surface area contributed by atoms with Gasteiger partial charge in [0.05, 0.1) is 12.2 Å². The zero-order chi connectivity index (χ0) is 17.9. The number of thioether (sulfide) groups is 1. The molecule has 0 unspecified atom stereocenters. The molecule has 8 heteroatoms. The van der Waals surface area contributed by atoms with Crippen molar-refractivity contribution in [1.82, 2.24) is 15.1 Å². The highest BCUT2D eigenvalue weighted by Crippen LogP contribution is 2.21. The van der Waals surface area contributed by atoms with Crippen molar-refractivity contribution in [3.05, 3.63) is 36.7 Å². The summed E-state index contributed by atoms with van der Waals surface area (Å²) in [6.45, 7) is 5.20. The zero-order valence-corrected chi connectivity index (χ0v) is 15.2. The quantitative estimate of drug-likeness (QED) is 0.333. The molecule has 1 heterocycles. The lowest BCUT2D eigenvalue weighted by atomic mass is 10.3. The molecule has 1 fully saturated rings. The second kappa shape index (κ2) is 10.9. The standard InChI is InChI=1S/C17H27N5O2S/c18-5-6-20-17(23)13-22-9-7-21(8-10-22)11-12-25-14-24-16-4-2-1-3-15(16)19/h1-6H,7-14,18-19H2,(H,20,23)/b6-5+. The first kappa shape index (κ1) is 19.4. The molecular formula is C17H27N5O2S. The third-order valence-electron chi connectivity index (χ3n) is 3.94. The van der Waals surface area contributed by atoms with Gasteiger partial charge in [0, 0.05) is 50.9 Å². The van der Waals surface area contributed by atoms with Crippen LogP contribution < -0.4 is 21.5 Å². The summed E-state index contributed by atoms with van der Waals surface area (Å²) in [7, 11) is 0. The molecule has 1 aliphatic heterocycles. The fourth-order valence-corrected chi connectivity index (χ4v) is 3.25. The number of hydrogen-bond donors (Lipinski definition) is 3. The number of carbonyl (C=O) groups is 1. The maximum atomic E-state index is 11.6. The van der Waals surface area contributed by atoms with E-state index in [0.29, 0.717) is 18.2 Å². The van der Waals surface area contributed by atoms with E-state index in [4.69, 9.17) is 16.2 Å². The molecule has 1 aromatic carbocycles. The lowest BCUT2D eigenvalue weighted by molar-refractivity contribution is -0.121. The number of nitrogens with one attached hydrogen (secondary N) is 1. The minimum absolute atomic E-state index is 0.0250. The largest absolute Gasteiger partial charge is 0.481 e. The van der Waals surface area contributed by atoms with Gasteiger partial charge in [0.25, 0.3) is 0 Å². The average molecular weight is 366 g/mol. The fraction of sp³-hybridized carbons (Fsp3) is 0.471. The van der Waals surface area contributed by atoms with Crippen LogP contribution in [0.25, 0.3) is 0 Å². The second-order valence-electron chi connectivity index (χ2n) is 5.75. The Morgan fingerprint density at radius 1 is 1.24 bits per heavy atom. The highest BCUT2D eigenvalue weighted by molar-refractivity contribution is 7.99. The summed E-state index contributed by atoms with van der Waals surface area (Å²) < 4.78 is 5.67. The topological polar surface area (TPSA) is 96.8 Å². The van der Waals surface area contributed by atoms with Crippen molar-refractivity contribution in [2.24, 2.45) is 5.73 Å². The van der Waals surface area contributed by atoms with E-state index in [1.807, 2.05) is 24.3 Å². The summed E-state index contributed by atoms with van der Waals surface area (Å²) in [6, 6.07) is 7.54. The van der Waals surface area contributed by atoms with Crippen LogP contribution in [0.1, 0.15) is 0 Å². The predicted octanol–water partition coefficient (Wildman–Crippen LogP) is 0.502. The first-order chi connectivity index (χ1) is 12.2. The Bertz CT molecular complexity index is 562. The summed E-state index contributed by atoms with van der Waals surface area (Å²) in [5.41, 5.74) is 11.7. The van der Waals surface area contributed by atoms with E-state index < -0.39 is 0 Å². The Morgan fingerprint density at radius 2 is 1.96 bits per heavy atom. The van der Waals surface area contributed by atoms with Crippen LogP contribution in [0.3, 0.4) is 0 Å². The molecule has 0 spiro atoms. The molecule has 138 valence electrons. The van der Waals surface area contributed by atoms with Crippen molar-refractivity contribution in [1.29, 1.82) is 0 Å². The molecule has 0 bridgehead atoms. The lowest BCUT2D eigenvalue weighted by Gasteiger charge is -2.34. The van der Waals surface area contributed by atoms with E-state index >= 15 is 0 Å². The van der Waals surface area contributed by atoms with Gasteiger partial charge < -0.3 is 21.5 Å². The van der Waals surface area contributed by atoms with Gasteiger partial charge in [-0.15, -0.1) is 11.8 Å². The van der Waals surface area contributed by atoms with Crippen LogP contribution in [-0.2, 0) is 4.79 Å². The number of nitrogens with zero attached hydrogens (tertiary/aromatic N) is 2. The van der Waals surface area contributed by atoms with E-state index in [0.717, 1.165) is 44.2 Å². The van der Waals surface area contributed by atoms with Crippen LogP contribution in [0.5, 0.6) is 5.75 Å². The first-order valence-corrected chi connectivity index (χ1v) is 9.50. The molecule has 0 saturated carbocycles. The second-order valence-corrected chi connectivity index (χ2v) is 6.80. The molecular weight excluding hydrogens is 338 g/mol. The number of piperazine rings is 1. The van der Waals surface area contributed by atoms with Crippen LogP contribution in [-0.4, -0.2) is 66.7 Å². The van der Waals surface area contributed by atoms with Gasteiger partial charge in [-0.2, -0.15) is 0 Å². The molecule has 1 aliphatic rings. The normalized spacial score (nSPS) is 16.2. The minimum Gasteiger partial charge on any atom is -0.481 e. The maximum absolute atomic E-state index is 11.6. The number of hydrogen-bond acceptors (Lipinski definition) is 7. The summed E-state index contributed by atoms with van der Waals surface area (Å²) >= 11 is 1.75. The molecule has 25 heavy (non-hydrogen) atoms. The Balaban J connectivity index is 1.54. The van der Waals surface area contributed by atoms with Crippen molar-refractivity contribution in [2.45, 2.75) is 0 Å². The number of carbonyl (C=O) groups excluding carboxylic acids is 1. The molecule has 7 nitrogen and oxygen atoms in total. The van der Waals surface area contributed by atoms with Gasteiger partial charge in [-0.3, -0.25) is 14.6 Å². The average Bonchev–Trinajstić information content (AvgIpc) is 2.62. The van der Waals surface area contributed by atoms with Gasteiger partial charge >= 0.3 is 0 Å². The number of nitrogens with two attached hydrogens (primary N) is 2. The van der Waals surface area contributed by atoms with Gasteiger partial charge in [-0.1, -0.05) is 12.1 Å². The van der Waals surface area contributed by atoms with E-state index in [-0.39, 0.29) is 5.91 Å². The number of benzene rings is 1. The van der Waals surface area contributed by atoms with Crippen molar-refractivity contribution >= 4 is 23.4 Å². The van der Waals surface area contributed by atoms with E-state index in [1.54, 1.807) is 11.8 Å². The maximum Gasteiger partial charge on any atom is 0.238 e. The number of rotatable bonds is 9. The summed E-state index contributed by atoms with van der Waals surface area (Å²) in [5, 5.41) is 2.63. The number of ether oxygens (including phenoxy) is 1. The molecule has 1 saturated heterocycles. The van der Waals surface area contributed by atoms with Crippen LogP contribution in [0.15, 0.2) is 36.7 Å². The van der Waals surface area contributed by atoms with Gasteiger partial charge in [0.1, 0.15) is 11.7 Å². The van der Waals surface area contributed by atoms with Gasteiger partial charge in [-0.25, -0.2) is 0 Å². The van der Waals surface area contributed by atoms with Crippen molar-refractivity contribution in [3.63, 3.8) is 0 Å². The molecule has 5 N–H and O–H groups in total. The fourth-order valence-electron chi connectivity index (χ4n) is 2.53. The van der Waals surface area contributed by atoms with E-state index in [2.05, 4.69) is 15.1 Å². The van der Waals surface area contributed by atoms with Crippen molar-refractivity contribution in [2.75, 3.05) is 56.7 Å². The van der Waals surface area contributed by atoms with Crippen LogP contribution in [0.4, 0.5) is 5.69 Å². The van der Waals surface area contributed by atoms with Crippen molar-refractivity contribution < 1.29 is 9.53 Å². The SMILES string of the molecule is N/C=C/NC(=O)CN1CCN(CCSCOc2ccccc2N)CC1. The summed E-state index contributed by atoms with van der Waals surface area (Å²) in [6.07, 6.45) is 2.78. The zero-order valence-electron chi connectivity index (χ0n) is 14.4. The van der Waals surface area contributed by atoms with Gasteiger partial charge in [0.15, 0.2) is 0 Å². The molecule has 0 radical (unpaired) electrons. The van der Waals surface area contributed by atoms with Gasteiger partial charge in [0.2, 0.25) is 5.91 Å². The summed E-state index contributed by atoms with van der Waals surface area (Å²) in [4.78, 5) is 16.2. The molecule has 2 rings (SSSR count). The lowest BCUT2D eigenvalue weighted by Crippen LogP contribution is -2.49. The van der Waals surface area contributed by atoms with E-state index in [1.165, 1.54) is 12.4 Å². The Kier molecular flexibility index (Phi) is 8.44. The number of anilines is 1. The molecule has 1 aromatic rings. The molecule has 0 aromatic heterocycles.